The van der Waals surface area contributed by atoms with Crippen LogP contribution in [0.2, 0.25) is 0 Å². The molecule has 1 rings (SSSR count). The molecule has 1 N–H and O–H groups in total. The smallest absolute Gasteiger partial charge is 0.319 e. The maximum atomic E-state index is 11.3. The fourth-order valence-electron chi connectivity index (χ4n) is 2.51. The number of nitrogens with one attached hydrogen (secondary N) is 1. The van der Waals surface area contributed by atoms with E-state index < -0.39 is 0 Å². The molecule has 0 radical (unpaired) electrons. The van der Waals surface area contributed by atoms with Gasteiger partial charge in [0.2, 0.25) is 0 Å². The number of likely N-dealkylation sites (tertiary alicyclic amines) is 1. The molecule has 1 saturated heterocycles. The zero-order valence-corrected chi connectivity index (χ0v) is 10.7. The number of hydrogen-bond donors (Lipinski definition) is 1. The molecule has 0 aromatic heterocycles. The van der Waals surface area contributed by atoms with E-state index in [0.29, 0.717) is 18.5 Å². The minimum atomic E-state index is -0.132. The van der Waals surface area contributed by atoms with Crippen molar-refractivity contribution in [3.05, 3.63) is 0 Å². The van der Waals surface area contributed by atoms with Gasteiger partial charge < -0.3 is 10.1 Å². The second-order valence-electron chi connectivity index (χ2n) is 4.65. The number of hydrogen-bond acceptors (Lipinski definition) is 4. The van der Waals surface area contributed by atoms with Crippen LogP contribution in [0.3, 0.4) is 0 Å². The van der Waals surface area contributed by atoms with Crippen molar-refractivity contribution in [3.63, 3.8) is 0 Å². The van der Waals surface area contributed by atoms with Gasteiger partial charge in [0.1, 0.15) is 0 Å². The number of methoxy groups -OCH3 is 1. The van der Waals surface area contributed by atoms with Crippen LogP contribution in [0.1, 0.15) is 26.2 Å². The second kappa shape index (κ2) is 6.86. The van der Waals surface area contributed by atoms with Gasteiger partial charge >= 0.3 is 5.97 Å². The van der Waals surface area contributed by atoms with Crippen LogP contribution in [0.15, 0.2) is 0 Å². The third-order valence-electron chi connectivity index (χ3n) is 3.30. The second-order valence-corrected chi connectivity index (χ2v) is 4.65. The maximum Gasteiger partial charge on any atom is 0.319 e. The van der Waals surface area contributed by atoms with Crippen molar-refractivity contribution >= 4 is 5.97 Å². The molecule has 16 heavy (non-hydrogen) atoms. The maximum absolute atomic E-state index is 11.3. The Kier molecular flexibility index (Phi) is 5.77. The van der Waals surface area contributed by atoms with Crippen LogP contribution >= 0.6 is 0 Å². The summed E-state index contributed by atoms with van der Waals surface area (Å²) in [4.78, 5) is 13.5. The van der Waals surface area contributed by atoms with E-state index in [1.54, 1.807) is 0 Å². The summed E-state index contributed by atoms with van der Waals surface area (Å²) < 4.78 is 4.72. The monoisotopic (exact) mass is 228 g/mol. The predicted octanol–water partition coefficient (Wildman–Crippen LogP) is 0.869. The van der Waals surface area contributed by atoms with Crippen LogP contribution in [0.25, 0.3) is 0 Å². The summed E-state index contributed by atoms with van der Waals surface area (Å²) in [6.45, 7) is 4.62. The zero-order chi connectivity index (χ0) is 12.0. The van der Waals surface area contributed by atoms with Crippen LogP contribution in [0.4, 0.5) is 0 Å². The molecule has 94 valence electrons. The topological polar surface area (TPSA) is 41.6 Å². The van der Waals surface area contributed by atoms with E-state index >= 15 is 0 Å². The summed E-state index contributed by atoms with van der Waals surface area (Å²) in [5, 5.41) is 3.32. The first-order chi connectivity index (χ1) is 7.69. The standard InChI is InChI=1S/C12H24N2O2/c1-4-5-10-6-11(13-2)8-14(7-10)9-12(15)16-3/h10-11,13H,4-9H2,1-3H3. The van der Waals surface area contributed by atoms with Gasteiger partial charge in [-0.25, -0.2) is 0 Å². The number of carbonyl (C=O) groups excluding carboxylic acids is 1. The summed E-state index contributed by atoms with van der Waals surface area (Å²) in [5.74, 6) is 0.577. The summed E-state index contributed by atoms with van der Waals surface area (Å²) in [6, 6.07) is 0.509. The molecule has 1 heterocycles. The number of esters is 1. The van der Waals surface area contributed by atoms with Gasteiger partial charge in [-0.2, -0.15) is 0 Å². The van der Waals surface area contributed by atoms with Crippen LogP contribution in [0.5, 0.6) is 0 Å². The van der Waals surface area contributed by atoms with Crippen LogP contribution in [-0.4, -0.2) is 50.7 Å². The minimum Gasteiger partial charge on any atom is -0.468 e. The zero-order valence-electron chi connectivity index (χ0n) is 10.7. The van der Waals surface area contributed by atoms with Crippen molar-refractivity contribution in [3.8, 4) is 0 Å². The SMILES string of the molecule is CCCC1CC(NC)CN(CC(=O)OC)C1. The van der Waals surface area contributed by atoms with Crippen molar-refractivity contribution in [1.29, 1.82) is 0 Å². The van der Waals surface area contributed by atoms with Gasteiger partial charge in [-0.3, -0.25) is 9.69 Å². The number of nitrogens with zero attached hydrogens (tertiary/aromatic N) is 1. The summed E-state index contributed by atoms with van der Waals surface area (Å²) in [6.07, 6.45) is 3.69. The molecular weight excluding hydrogens is 204 g/mol. The molecule has 2 atom stereocenters. The van der Waals surface area contributed by atoms with Gasteiger partial charge in [0, 0.05) is 19.1 Å². The summed E-state index contributed by atoms with van der Waals surface area (Å²) >= 11 is 0. The molecule has 0 spiro atoms. The lowest BCUT2D eigenvalue weighted by molar-refractivity contribution is -0.142. The Bertz CT molecular complexity index is 221. The van der Waals surface area contributed by atoms with E-state index in [1.807, 2.05) is 7.05 Å². The first kappa shape index (κ1) is 13.5. The fourth-order valence-corrected chi connectivity index (χ4v) is 2.51. The van der Waals surface area contributed by atoms with Gasteiger partial charge in [0.25, 0.3) is 0 Å². The highest BCUT2D eigenvalue weighted by molar-refractivity contribution is 5.71. The van der Waals surface area contributed by atoms with Crippen molar-refractivity contribution in [1.82, 2.24) is 10.2 Å². The van der Waals surface area contributed by atoms with Crippen molar-refractivity contribution in [2.24, 2.45) is 5.92 Å². The number of rotatable bonds is 5. The van der Waals surface area contributed by atoms with E-state index in [9.17, 15) is 4.79 Å². The van der Waals surface area contributed by atoms with Gasteiger partial charge in [-0.15, -0.1) is 0 Å². The molecule has 1 fully saturated rings. The molecule has 1 aliphatic rings. The molecule has 0 aromatic rings. The lowest BCUT2D eigenvalue weighted by Crippen LogP contribution is -2.49. The van der Waals surface area contributed by atoms with E-state index in [0.717, 1.165) is 13.1 Å². The van der Waals surface area contributed by atoms with Crippen molar-refractivity contribution in [2.45, 2.75) is 32.2 Å². The number of piperidine rings is 1. The van der Waals surface area contributed by atoms with Crippen molar-refractivity contribution < 1.29 is 9.53 Å². The Morgan fingerprint density at radius 1 is 1.50 bits per heavy atom. The average molecular weight is 228 g/mol. The molecule has 0 aliphatic carbocycles. The van der Waals surface area contributed by atoms with E-state index in [1.165, 1.54) is 26.4 Å². The van der Waals surface area contributed by atoms with Gasteiger partial charge in [0.15, 0.2) is 0 Å². The highest BCUT2D eigenvalue weighted by atomic mass is 16.5. The molecule has 0 amide bonds. The Hall–Kier alpha value is -0.610. The molecule has 0 saturated carbocycles. The summed E-state index contributed by atoms with van der Waals surface area (Å²) in [7, 11) is 3.45. The van der Waals surface area contributed by atoms with Crippen LogP contribution in [0, 0.1) is 5.92 Å². The van der Waals surface area contributed by atoms with Crippen molar-refractivity contribution in [2.75, 3.05) is 33.8 Å². The highest BCUT2D eigenvalue weighted by Gasteiger charge is 2.26. The largest absolute Gasteiger partial charge is 0.468 e. The first-order valence-electron chi connectivity index (χ1n) is 6.16. The molecule has 0 aromatic carbocycles. The van der Waals surface area contributed by atoms with Gasteiger partial charge in [0.05, 0.1) is 13.7 Å². The quantitative estimate of drug-likeness (QED) is 0.709. The first-order valence-corrected chi connectivity index (χ1v) is 6.16. The third kappa shape index (κ3) is 4.10. The molecule has 4 heteroatoms. The lowest BCUT2D eigenvalue weighted by Gasteiger charge is -2.37. The average Bonchev–Trinajstić information content (AvgIpc) is 2.29. The number of ether oxygens (including phenoxy) is 1. The molecule has 0 bridgehead atoms. The number of likely N-dealkylation sites (N-methyl/N-ethyl adjacent to an activating group) is 1. The predicted molar refractivity (Wildman–Crippen MR) is 64.3 cm³/mol. The Balaban J connectivity index is 2.46. The number of carbonyl (C=O) groups is 1. The Labute approximate surface area is 98.3 Å². The normalized spacial score (nSPS) is 26.7. The Morgan fingerprint density at radius 2 is 2.25 bits per heavy atom. The highest BCUT2D eigenvalue weighted by Crippen LogP contribution is 2.21. The van der Waals surface area contributed by atoms with Gasteiger partial charge in [-0.05, 0) is 25.8 Å². The summed E-state index contributed by atoms with van der Waals surface area (Å²) in [5.41, 5.74) is 0. The van der Waals surface area contributed by atoms with Gasteiger partial charge in [-0.1, -0.05) is 13.3 Å². The van der Waals surface area contributed by atoms with Crippen LogP contribution in [-0.2, 0) is 9.53 Å². The molecule has 1 aliphatic heterocycles. The van der Waals surface area contributed by atoms with E-state index in [-0.39, 0.29) is 5.97 Å². The Morgan fingerprint density at radius 3 is 2.81 bits per heavy atom. The molecule has 2 unspecified atom stereocenters. The lowest BCUT2D eigenvalue weighted by atomic mass is 9.90. The minimum absolute atomic E-state index is 0.132. The van der Waals surface area contributed by atoms with Crippen LogP contribution < -0.4 is 5.32 Å². The molecular formula is C12H24N2O2. The molecule has 4 nitrogen and oxygen atoms in total. The van der Waals surface area contributed by atoms with E-state index in [2.05, 4.69) is 17.1 Å². The van der Waals surface area contributed by atoms with E-state index in [4.69, 9.17) is 4.74 Å². The third-order valence-corrected chi connectivity index (χ3v) is 3.30. The fraction of sp³-hybridized carbons (Fsp3) is 0.917.